The van der Waals surface area contributed by atoms with Crippen LogP contribution in [0.3, 0.4) is 0 Å². The number of rotatable bonds is 5. The predicted octanol–water partition coefficient (Wildman–Crippen LogP) is 3.85. The van der Waals surface area contributed by atoms with Crippen LogP contribution in [0.2, 0.25) is 10.0 Å². The molecule has 0 unspecified atom stereocenters. The molecule has 0 bridgehead atoms. The van der Waals surface area contributed by atoms with E-state index >= 15 is 0 Å². The van der Waals surface area contributed by atoms with E-state index in [0.29, 0.717) is 5.75 Å². The Bertz CT molecular complexity index is 848. The topological polar surface area (TPSA) is 76.7 Å². The van der Waals surface area contributed by atoms with E-state index in [9.17, 15) is 9.59 Å². The molecule has 8 heteroatoms. The van der Waals surface area contributed by atoms with Gasteiger partial charge >= 0.3 is 0 Å². The van der Waals surface area contributed by atoms with Gasteiger partial charge in [0.15, 0.2) is 11.9 Å². The molecule has 6 nitrogen and oxygen atoms in total. The van der Waals surface area contributed by atoms with Crippen LogP contribution in [0, 0.1) is 13.8 Å². The van der Waals surface area contributed by atoms with Gasteiger partial charge in [-0.1, -0.05) is 35.3 Å². The summed E-state index contributed by atoms with van der Waals surface area (Å²) >= 11 is 12.0. The van der Waals surface area contributed by atoms with Crippen LogP contribution in [0.4, 0.5) is 0 Å². The van der Waals surface area contributed by atoms with Crippen LogP contribution < -0.4 is 20.3 Å². The second-order valence-corrected chi connectivity index (χ2v) is 6.69. The zero-order chi connectivity index (χ0) is 20.1. The van der Waals surface area contributed by atoms with Crippen molar-refractivity contribution in [3.63, 3.8) is 0 Å². The van der Waals surface area contributed by atoms with Crippen molar-refractivity contribution in [2.24, 2.45) is 0 Å². The minimum absolute atomic E-state index is 0.175. The molecular weight excluding hydrogens is 391 g/mol. The number of carbonyl (C=O) groups is 2. The van der Waals surface area contributed by atoms with Gasteiger partial charge in [0.25, 0.3) is 11.8 Å². The van der Waals surface area contributed by atoms with E-state index in [-0.39, 0.29) is 21.4 Å². The molecule has 144 valence electrons. The van der Waals surface area contributed by atoms with E-state index in [4.69, 9.17) is 32.7 Å². The van der Waals surface area contributed by atoms with Crippen molar-refractivity contribution in [3.05, 3.63) is 57.1 Å². The normalized spacial score (nSPS) is 11.5. The minimum Gasteiger partial charge on any atom is -0.494 e. The SMILES string of the molecule is COc1c(Cl)cc(C(=O)NNC(=O)[C@@H](C)Oc2cccc(C)c2C)cc1Cl. The van der Waals surface area contributed by atoms with Gasteiger partial charge in [-0.3, -0.25) is 20.4 Å². The van der Waals surface area contributed by atoms with Crippen molar-refractivity contribution >= 4 is 35.0 Å². The Balaban J connectivity index is 1.98. The maximum absolute atomic E-state index is 12.2. The van der Waals surface area contributed by atoms with Gasteiger partial charge in [-0.15, -0.1) is 0 Å². The number of amides is 2. The summed E-state index contributed by atoms with van der Waals surface area (Å²) < 4.78 is 10.7. The lowest BCUT2D eigenvalue weighted by molar-refractivity contribution is -0.128. The molecule has 27 heavy (non-hydrogen) atoms. The second kappa shape index (κ2) is 8.97. The lowest BCUT2D eigenvalue weighted by Crippen LogP contribution is -2.47. The molecule has 0 spiro atoms. The molecule has 0 aliphatic rings. The quantitative estimate of drug-likeness (QED) is 0.733. The monoisotopic (exact) mass is 410 g/mol. The molecule has 2 N–H and O–H groups in total. The summed E-state index contributed by atoms with van der Waals surface area (Å²) in [6, 6.07) is 8.37. The molecule has 1 atom stereocenters. The average molecular weight is 411 g/mol. The van der Waals surface area contributed by atoms with Gasteiger partial charge < -0.3 is 9.47 Å². The first-order valence-corrected chi connectivity index (χ1v) is 8.86. The molecule has 0 heterocycles. The molecule has 0 radical (unpaired) electrons. The van der Waals surface area contributed by atoms with Crippen molar-refractivity contribution in [3.8, 4) is 11.5 Å². The largest absolute Gasteiger partial charge is 0.494 e. The Morgan fingerprint density at radius 2 is 1.70 bits per heavy atom. The Labute approximate surface area is 167 Å². The van der Waals surface area contributed by atoms with E-state index < -0.39 is 17.9 Å². The third-order valence-corrected chi connectivity index (χ3v) is 4.55. The van der Waals surface area contributed by atoms with Crippen LogP contribution in [-0.4, -0.2) is 25.0 Å². The van der Waals surface area contributed by atoms with E-state index in [1.165, 1.54) is 19.2 Å². The number of halogens is 2. The number of hydrogen-bond donors (Lipinski definition) is 2. The van der Waals surface area contributed by atoms with Crippen molar-refractivity contribution in [2.45, 2.75) is 26.9 Å². The number of ether oxygens (including phenoxy) is 2. The summed E-state index contributed by atoms with van der Waals surface area (Å²) in [5.41, 5.74) is 6.81. The lowest BCUT2D eigenvalue weighted by atomic mass is 10.1. The maximum atomic E-state index is 12.2. The van der Waals surface area contributed by atoms with Crippen molar-refractivity contribution in [1.82, 2.24) is 10.9 Å². The third kappa shape index (κ3) is 5.05. The average Bonchev–Trinajstić information content (AvgIpc) is 2.62. The van der Waals surface area contributed by atoms with E-state index in [0.717, 1.165) is 11.1 Å². The van der Waals surface area contributed by atoms with Crippen LogP contribution in [0.15, 0.2) is 30.3 Å². The highest BCUT2D eigenvalue weighted by atomic mass is 35.5. The first kappa shape index (κ1) is 20.9. The Kier molecular flexibility index (Phi) is 6.93. The molecule has 2 aromatic carbocycles. The van der Waals surface area contributed by atoms with Crippen molar-refractivity contribution < 1.29 is 19.1 Å². The number of nitrogens with one attached hydrogen (secondary N) is 2. The van der Waals surface area contributed by atoms with Crippen molar-refractivity contribution in [2.75, 3.05) is 7.11 Å². The van der Waals surface area contributed by atoms with Gasteiger partial charge in [0.1, 0.15) is 5.75 Å². The fourth-order valence-electron chi connectivity index (χ4n) is 2.27. The first-order chi connectivity index (χ1) is 12.7. The summed E-state index contributed by atoms with van der Waals surface area (Å²) in [5, 5.41) is 0.376. The molecule has 0 fully saturated rings. The second-order valence-electron chi connectivity index (χ2n) is 5.87. The number of carbonyl (C=O) groups excluding carboxylic acids is 2. The van der Waals surface area contributed by atoms with Gasteiger partial charge in [-0.25, -0.2) is 0 Å². The molecule has 0 aliphatic carbocycles. The number of methoxy groups -OCH3 is 1. The maximum Gasteiger partial charge on any atom is 0.279 e. The smallest absolute Gasteiger partial charge is 0.279 e. The zero-order valence-corrected chi connectivity index (χ0v) is 16.9. The Morgan fingerprint density at radius 3 is 2.30 bits per heavy atom. The molecule has 0 aliphatic heterocycles. The van der Waals surface area contributed by atoms with Gasteiger partial charge in [0.2, 0.25) is 0 Å². The fraction of sp³-hybridized carbons (Fsp3) is 0.263. The van der Waals surface area contributed by atoms with Gasteiger partial charge in [-0.05, 0) is 50.1 Å². The summed E-state index contributed by atoms with van der Waals surface area (Å²) in [4.78, 5) is 24.4. The summed E-state index contributed by atoms with van der Waals surface area (Å²) in [6.07, 6.45) is -0.811. The third-order valence-electron chi connectivity index (χ3n) is 3.99. The van der Waals surface area contributed by atoms with E-state index in [2.05, 4.69) is 10.9 Å². The molecule has 0 saturated heterocycles. The van der Waals surface area contributed by atoms with Crippen LogP contribution in [0.25, 0.3) is 0 Å². The van der Waals surface area contributed by atoms with Crippen LogP contribution in [0.1, 0.15) is 28.4 Å². The zero-order valence-electron chi connectivity index (χ0n) is 15.4. The van der Waals surface area contributed by atoms with Gasteiger partial charge in [0, 0.05) is 5.56 Å². The summed E-state index contributed by atoms with van der Waals surface area (Å²) in [7, 11) is 1.42. The molecular formula is C19H20Cl2N2O4. The van der Waals surface area contributed by atoms with Gasteiger partial charge in [0.05, 0.1) is 17.2 Å². The highest BCUT2D eigenvalue weighted by Crippen LogP contribution is 2.33. The highest BCUT2D eigenvalue weighted by Gasteiger charge is 2.18. The van der Waals surface area contributed by atoms with Crippen LogP contribution in [0.5, 0.6) is 11.5 Å². The van der Waals surface area contributed by atoms with Crippen LogP contribution in [-0.2, 0) is 4.79 Å². The number of hydrazine groups is 1. The molecule has 2 amide bonds. The van der Waals surface area contributed by atoms with Crippen molar-refractivity contribution in [1.29, 1.82) is 0 Å². The molecule has 2 rings (SSSR count). The fourth-order valence-corrected chi connectivity index (χ4v) is 2.92. The lowest BCUT2D eigenvalue weighted by Gasteiger charge is -2.17. The number of benzene rings is 2. The van der Waals surface area contributed by atoms with Crippen LogP contribution >= 0.6 is 23.2 Å². The Morgan fingerprint density at radius 1 is 1.07 bits per heavy atom. The number of hydrogen-bond acceptors (Lipinski definition) is 4. The van der Waals surface area contributed by atoms with E-state index in [1.54, 1.807) is 13.0 Å². The summed E-state index contributed by atoms with van der Waals surface area (Å²) in [5.74, 6) is -0.198. The summed E-state index contributed by atoms with van der Waals surface area (Å²) in [6.45, 7) is 5.46. The van der Waals surface area contributed by atoms with Gasteiger partial charge in [-0.2, -0.15) is 0 Å². The molecule has 0 saturated carbocycles. The number of aryl methyl sites for hydroxylation is 1. The highest BCUT2D eigenvalue weighted by molar-refractivity contribution is 6.37. The molecule has 2 aromatic rings. The molecule has 0 aromatic heterocycles. The van der Waals surface area contributed by atoms with E-state index in [1.807, 2.05) is 26.0 Å². The predicted molar refractivity (Wildman–Crippen MR) is 105 cm³/mol. The standard InChI is InChI=1S/C19H20Cl2N2O4/c1-10-6-5-7-16(11(10)2)27-12(3)18(24)22-23-19(25)13-8-14(20)17(26-4)15(21)9-13/h5-9,12H,1-4H3,(H,22,24)(H,23,25)/t12-/m1/s1. The Hall–Kier alpha value is -2.44. The first-order valence-electron chi connectivity index (χ1n) is 8.10. The minimum atomic E-state index is -0.811.